The highest BCUT2D eigenvalue weighted by molar-refractivity contribution is 6.35. The molecular weight excluding hydrogens is 336 g/mol. The smallest absolute Gasteiger partial charge is 0.143 e. The van der Waals surface area contributed by atoms with Gasteiger partial charge in [-0.3, -0.25) is 0 Å². The van der Waals surface area contributed by atoms with E-state index >= 15 is 0 Å². The molecule has 0 aliphatic carbocycles. The summed E-state index contributed by atoms with van der Waals surface area (Å²) < 4.78 is 19.1. The van der Waals surface area contributed by atoms with Crippen molar-refractivity contribution in [1.82, 2.24) is 0 Å². The molecule has 0 radical (unpaired) electrons. The molecular formula is C15H11Cl3FNO. The summed E-state index contributed by atoms with van der Waals surface area (Å²) in [5, 5.41) is 4.38. The van der Waals surface area contributed by atoms with Crippen molar-refractivity contribution in [2.45, 2.75) is 12.5 Å². The van der Waals surface area contributed by atoms with Crippen LogP contribution in [-0.4, -0.2) is 6.61 Å². The van der Waals surface area contributed by atoms with Crippen molar-refractivity contribution >= 4 is 40.5 Å². The van der Waals surface area contributed by atoms with Gasteiger partial charge in [-0.1, -0.05) is 34.8 Å². The van der Waals surface area contributed by atoms with Gasteiger partial charge < -0.3 is 10.1 Å². The molecule has 3 rings (SSSR count). The number of fused-ring (bicyclic) bond motifs is 1. The summed E-state index contributed by atoms with van der Waals surface area (Å²) in [4.78, 5) is 0. The van der Waals surface area contributed by atoms with Crippen molar-refractivity contribution in [3.8, 4) is 5.75 Å². The summed E-state index contributed by atoms with van der Waals surface area (Å²) in [6.07, 6.45) is 0.730. The normalized spacial score (nSPS) is 17.0. The Bertz CT molecular complexity index is 693. The lowest BCUT2D eigenvalue weighted by Crippen LogP contribution is -2.20. The van der Waals surface area contributed by atoms with Crippen LogP contribution in [0.4, 0.5) is 10.1 Å². The summed E-state index contributed by atoms with van der Waals surface area (Å²) >= 11 is 17.9. The van der Waals surface area contributed by atoms with Gasteiger partial charge in [0.05, 0.1) is 22.7 Å². The molecule has 1 atom stereocenters. The molecule has 0 saturated heterocycles. The van der Waals surface area contributed by atoms with Gasteiger partial charge in [-0.05, 0) is 30.3 Å². The van der Waals surface area contributed by atoms with E-state index in [0.29, 0.717) is 28.1 Å². The number of nitrogens with one attached hydrogen (secondary N) is 1. The third-order valence-corrected chi connectivity index (χ3v) is 4.13. The molecule has 2 nitrogen and oxygen atoms in total. The molecule has 0 spiro atoms. The number of rotatable bonds is 2. The van der Waals surface area contributed by atoms with E-state index in [-0.39, 0.29) is 11.1 Å². The molecule has 2 aromatic carbocycles. The average Bonchev–Trinajstić information content (AvgIpc) is 2.44. The van der Waals surface area contributed by atoms with Crippen LogP contribution in [0.1, 0.15) is 18.0 Å². The number of benzene rings is 2. The van der Waals surface area contributed by atoms with Crippen LogP contribution in [0.25, 0.3) is 0 Å². The zero-order chi connectivity index (χ0) is 15.0. The van der Waals surface area contributed by atoms with Gasteiger partial charge in [-0.25, -0.2) is 4.39 Å². The summed E-state index contributed by atoms with van der Waals surface area (Å²) in [7, 11) is 0. The molecule has 1 heterocycles. The highest BCUT2D eigenvalue weighted by atomic mass is 35.5. The van der Waals surface area contributed by atoms with Crippen LogP contribution in [0.15, 0.2) is 30.3 Å². The maximum Gasteiger partial charge on any atom is 0.143 e. The molecule has 1 aliphatic rings. The van der Waals surface area contributed by atoms with E-state index in [1.807, 2.05) is 6.07 Å². The van der Waals surface area contributed by atoms with Crippen molar-refractivity contribution in [3.63, 3.8) is 0 Å². The molecule has 1 aliphatic heterocycles. The van der Waals surface area contributed by atoms with Crippen molar-refractivity contribution in [1.29, 1.82) is 0 Å². The van der Waals surface area contributed by atoms with Crippen LogP contribution in [0.2, 0.25) is 15.1 Å². The fraction of sp³-hybridized carbons (Fsp3) is 0.200. The molecule has 0 fully saturated rings. The molecule has 0 bridgehead atoms. The van der Waals surface area contributed by atoms with E-state index in [1.165, 1.54) is 12.1 Å². The first kappa shape index (κ1) is 14.8. The Morgan fingerprint density at radius 2 is 1.90 bits per heavy atom. The predicted octanol–water partition coefficient (Wildman–Crippen LogP) is 5.72. The number of hydrogen-bond donors (Lipinski definition) is 1. The average molecular weight is 347 g/mol. The van der Waals surface area contributed by atoms with Gasteiger partial charge in [-0.15, -0.1) is 0 Å². The maximum absolute atomic E-state index is 13.5. The number of anilines is 1. The van der Waals surface area contributed by atoms with Crippen molar-refractivity contribution in [2.24, 2.45) is 0 Å². The number of hydrogen-bond acceptors (Lipinski definition) is 2. The molecule has 0 amide bonds. The van der Waals surface area contributed by atoms with E-state index in [1.54, 1.807) is 12.1 Å². The van der Waals surface area contributed by atoms with Crippen LogP contribution in [-0.2, 0) is 0 Å². The highest BCUT2D eigenvalue weighted by Gasteiger charge is 2.24. The Kier molecular flexibility index (Phi) is 4.16. The molecule has 2 aromatic rings. The van der Waals surface area contributed by atoms with Gasteiger partial charge in [-0.2, -0.15) is 0 Å². The second-order valence-electron chi connectivity index (χ2n) is 4.77. The Hall–Kier alpha value is -1.16. The lowest BCUT2D eigenvalue weighted by atomic mass is 10.00. The molecule has 6 heteroatoms. The minimum Gasteiger partial charge on any atom is -0.492 e. The molecule has 1 unspecified atom stereocenters. The molecule has 0 aromatic heterocycles. The van der Waals surface area contributed by atoms with Crippen LogP contribution in [0.3, 0.4) is 0 Å². The van der Waals surface area contributed by atoms with E-state index < -0.39 is 5.82 Å². The van der Waals surface area contributed by atoms with Crippen molar-refractivity contribution in [2.75, 3.05) is 11.9 Å². The third-order valence-electron chi connectivity index (χ3n) is 3.33. The topological polar surface area (TPSA) is 21.3 Å². The first-order chi connectivity index (χ1) is 10.0. The summed E-state index contributed by atoms with van der Waals surface area (Å²) in [5.74, 6) is 0.164. The molecule has 110 valence electrons. The Morgan fingerprint density at radius 1 is 1.10 bits per heavy atom. The first-order valence-corrected chi connectivity index (χ1v) is 7.51. The van der Waals surface area contributed by atoms with E-state index in [0.717, 1.165) is 12.0 Å². The van der Waals surface area contributed by atoms with E-state index in [9.17, 15) is 4.39 Å². The third kappa shape index (κ3) is 3.05. The zero-order valence-electron chi connectivity index (χ0n) is 10.8. The zero-order valence-corrected chi connectivity index (χ0v) is 13.1. The second-order valence-corrected chi connectivity index (χ2v) is 6.02. The summed E-state index contributed by atoms with van der Waals surface area (Å²) in [6, 6.07) is 8.02. The van der Waals surface area contributed by atoms with Crippen molar-refractivity contribution < 1.29 is 9.13 Å². The Balaban J connectivity index is 1.93. The van der Waals surface area contributed by atoms with Crippen LogP contribution in [0, 0.1) is 5.82 Å². The maximum atomic E-state index is 13.5. The lowest BCUT2D eigenvalue weighted by Gasteiger charge is -2.28. The van der Waals surface area contributed by atoms with Gasteiger partial charge in [0.2, 0.25) is 0 Å². The fourth-order valence-corrected chi connectivity index (χ4v) is 3.04. The van der Waals surface area contributed by atoms with Gasteiger partial charge in [0, 0.05) is 22.7 Å². The number of halogens is 4. The van der Waals surface area contributed by atoms with Gasteiger partial charge in [0.15, 0.2) is 0 Å². The number of ether oxygens (including phenoxy) is 1. The minimum absolute atomic E-state index is 0.0504. The van der Waals surface area contributed by atoms with E-state index in [4.69, 9.17) is 39.5 Å². The monoisotopic (exact) mass is 345 g/mol. The van der Waals surface area contributed by atoms with Crippen molar-refractivity contribution in [3.05, 3.63) is 56.8 Å². The van der Waals surface area contributed by atoms with Crippen LogP contribution < -0.4 is 10.1 Å². The quantitative estimate of drug-likeness (QED) is 0.750. The Labute approximate surface area is 136 Å². The first-order valence-electron chi connectivity index (χ1n) is 6.38. The van der Waals surface area contributed by atoms with Crippen LogP contribution >= 0.6 is 34.8 Å². The SMILES string of the molecule is Fc1cc(NC2CCOc3c(Cl)cc(Cl)cc32)ccc1Cl. The Morgan fingerprint density at radius 3 is 2.67 bits per heavy atom. The van der Waals surface area contributed by atoms with E-state index in [2.05, 4.69) is 5.32 Å². The van der Waals surface area contributed by atoms with Gasteiger partial charge >= 0.3 is 0 Å². The largest absolute Gasteiger partial charge is 0.492 e. The minimum atomic E-state index is -0.460. The highest BCUT2D eigenvalue weighted by Crippen LogP contribution is 2.41. The fourth-order valence-electron chi connectivity index (χ4n) is 2.36. The lowest BCUT2D eigenvalue weighted by molar-refractivity contribution is 0.274. The summed E-state index contributed by atoms with van der Waals surface area (Å²) in [6.45, 7) is 0.530. The van der Waals surface area contributed by atoms with Gasteiger partial charge in [0.25, 0.3) is 0 Å². The second kappa shape index (κ2) is 5.91. The molecule has 0 saturated carbocycles. The molecule has 21 heavy (non-hydrogen) atoms. The standard InChI is InChI=1S/C15H11Cl3FNO/c16-8-5-10-14(3-4-21-15(10)12(18)6-8)20-9-1-2-11(17)13(19)7-9/h1-2,5-7,14,20H,3-4H2. The summed E-state index contributed by atoms with van der Waals surface area (Å²) in [5.41, 5.74) is 1.51. The predicted molar refractivity (Wildman–Crippen MR) is 84.3 cm³/mol. The van der Waals surface area contributed by atoms with Gasteiger partial charge in [0.1, 0.15) is 11.6 Å². The van der Waals surface area contributed by atoms with Crippen LogP contribution in [0.5, 0.6) is 5.75 Å². The molecule has 1 N–H and O–H groups in total.